The summed E-state index contributed by atoms with van der Waals surface area (Å²) in [5, 5.41) is 5.63. The SMILES string of the molecule is COCC(=O)N1[C@H](C)CN(C2=NC(=O)/C(=C/c3ccc4c(cnn4Cc4ccc(Cl)cc4C(F)(F)F)c3)S2)C[C@@H]1C. The molecule has 0 spiro atoms. The van der Waals surface area contributed by atoms with Crippen LogP contribution in [-0.4, -0.2) is 75.5 Å². The van der Waals surface area contributed by atoms with E-state index in [-0.39, 0.29) is 47.6 Å². The first-order chi connectivity index (χ1) is 19.4. The molecule has 0 N–H and O–H groups in total. The lowest BCUT2D eigenvalue weighted by molar-refractivity contribution is -0.142. The zero-order valence-electron chi connectivity index (χ0n) is 22.5. The van der Waals surface area contributed by atoms with E-state index in [0.29, 0.717) is 28.7 Å². The molecule has 41 heavy (non-hydrogen) atoms. The van der Waals surface area contributed by atoms with Crippen molar-refractivity contribution in [2.45, 2.75) is 38.7 Å². The number of amides is 2. The van der Waals surface area contributed by atoms with Gasteiger partial charge in [-0.2, -0.15) is 23.3 Å². The Bertz CT molecular complexity index is 1560. The molecular weight excluding hydrogens is 579 g/mol. The number of hydrogen-bond donors (Lipinski definition) is 0. The summed E-state index contributed by atoms with van der Waals surface area (Å²) < 4.78 is 47.2. The van der Waals surface area contributed by atoms with Gasteiger partial charge in [0.25, 0.3) is 5.91 Å². The molecule has 0 bridgehead atoms. The van der Waals surface area contributed by atoms with E-state index in [2.05, 4.69) is 10.1 Å². The Balaban J connectivity index is 1.31. The summed E-state index contributed by atoms with van der Waals surface area (Å²) in [6.45, 7) is 4.95. The van der Waals surface area contributed by atoms with Crippen molar-refractivity contribution in [2.75, 3.05) is 26.8 Å². The number of thioether (sulfide) groups is 1. The molecule has 216 valence electrons. The van der Waals surface area contributed by atoms with Crippen LogP contribution in [0.3, 0.4) is 0 Å². The van der Waals surface area contributed by atoms with Crippen LogP contribution in [-0.2, 0) is 27.0 Å². The molecule has 1 aromatic heterocycles. The number of alkyl halides is 3. The van der Waals surface area contributed by atoms with Crippen LogP contribution < -0.4 is 0 Å². The molecule has 13 heteroatoms. The number of piperazine rings is 1. The zero-order valence-corrected chi connectivity index (χ0v) is 24.1. The summed E-state index contributed by atoms with van der Waals surface area (Å²) in [5.74, 6) is -0.418. The maximum absolute atomic E-state index is 13.6. The third kappa shape index (κ3) is 6.14. The number of ether oxygens (including phenoxy) is 1. The molecule has 2 amide bonds. The highest BCUT2D eigenvalue weighted by molar-refractivity contribution is 8.18. The van der Waals surface area contributed by atoms with Gasteiger partial charge in [0.15, 0.2) is 5.17 Å². The van der Waals surface area contributed by atoms with Crippen LogP contribution in [0, 0.1) is 0 Å². The fraction of sp³-hybridized carbons (Fsp3) is 0.357. The number of amidine groups is 1. The van der Waals surface area contributed by atoms with Gasteiger partial charge in [-0.15, -0.1) is 0 Å². The van der Waals surface area contributed by atoms with Crippen molar-refractivity contribution in [1.29, 1.82) is 0 Å². The smallest absolute Gasteiger partial charge is 0.375 e. The lowest BCUT2D eigenvalue weighted by Crippen LogP contribution is -2.60. The molecule has 8 nitrogen and oxygen atoms in total. The number of rotatable bonds is 5. The second-order valence-corrected chi connectivity index (χ2v) is 11.5. The van der Waals surface area contributed by atoms with E-state index in [4.69, 9.17) is 16.3 Å². The molecule has 2 atom stereocenters. The predicted molar refractivity (Wildman–Crippen MR) is 153 cm³/mol. The number of nitrogens with zero attached hydrogens (tertiary/aromatic N) is 5. The number of benzene rings is 2. The van der Waals surface area contributed by atoms with Gasteiger partial charge in [-0.05, 0) is 67.1 Å². The summed E-state index contributed by atoms with van der Waals surface area (Å²) in [5.41, 5.74) is 0.655. The second kappa shape index (κ2) is 11.5. The van der Waals surface area contributed by atoms with Crippen LogP contribution in [0.4, 0.5) is 13.2 Å². The van der Waals surface area contributed by atoms with Crippen LogP contribution in [0.15, 0.2) is 52.5 Å². The highest BCUT2D eigenvalue weighted by Gasteiger charge is 2.37. The minimum absolute atomic E-state index is 0.0130. The fourth-order valence-electron chi connectivity index (χ4n) is 5.29. The highest BCUT2D eigenvalue weighted by atomic mass is 35.5. The first-order valence-corrected chi connectivity index (χ1v) is 14.0. The van der Waals surface area contributed by atoms with E-state index in [1.807, 2.05) is 29.7 Å². The molecule has 1 fully saturated rings. The van der Waals surface area contributed by atoms with E-state index in [1.54, 1.807) is 24.4 Å². The summed E-state index contributed by atoms with van der Waals surface area (Å²) in [4.78, 5) is 33.7. The van der Waals surface area contributed by atoms with Crippen LogP contribution >= 0.6 is 23.4 Å². The fourth-order valence-corrected chi connectivity index (χ4v) is 6.39. The summed E-state index contributed by atoms with van der Waals surface area (Å²) >= 11 is 7.09. The van der Waals surface area contributed by atoms with Gasteiger partial charge in [0, 0.05) is 42.7 Å². The summed E-state index contributed by atoms with van der Waals surface area (Å²) in [7, 11) is 1.49. The lowest BCUT2D eigenvalue weighted by Gasteiger charge is -2.44. The van der Waals surface area contributed by atoms with E-state index >= 15 is 0 Å². The lowest BCUT2D eigenvalue weighted by atomic mass is 10.1. The van der Waals surface area contributed by atoms with E-state index in [0.717, 1.165) is 17.0 Å². The predicted octanol–water partition coefficient (Wildman–Crippen LogP) is 5.29. The number of fused-ring (bicyclic) bond motifs is 1. The van der Waals surface area contributed by atoms with E-state index in [9.17, 15) is 22.8 Å². The summed E-state index contributed by atoms with van der Waals surface area (Å²) in [6.07, 6.45) is -1.22. The van der Waals surface area contributed by atoms with E-state index in [1.165, 1.54) is 35.7 Å². The van der Waals surface area contributed by atoms with Gasteiger partial charge in [0.2, 0.25) is 5.91 Å². The Kier molecular flexibility index (Phi) is 8.18. The molecular formula is C28H27ClF3N5O3S. The first-order valence-electron chi connectivity index (χ1n) is 12.8. The van der Waals surface area contributed by atoms with Crippen molar-refractivity contribution < 1.29 is 27.5 Å². The van der Waals surface area contributed by atoms with Gasteiger partial charge in [-0.25, -0.2) is 0 Å². The molecule has 0 saturated carbocycles. The normalized spacial score (nSPS) is 20.8. The van der Waals surface area contributed by atoms with Crippen molar-refractivity contribution in [3.63, 3.8) is 0 Å². The van der Waals surface area contributed by atoms with Crippen molar-refractivity contribution in [2.24, 2.45) is 4.99 Å². The zero-order chi connectivity index (χ0) is 29.5. The average molecular weight is 606 g/mol. The van der Waals surface area contributed by atoms with Crippen molar-refractivity contribution in [3.8, 4) is 0 Å². The van der Waals surface area contributed by atoms with Gasteiger partial charge in [0.1, 0.15) is 6.61 Å². The summed E-state index contributed by atoms with van der Waals surface area (Å²) in [6, 6.07) is 8.93. The van der Waals surface area contributed by atoms with Gasteiger partial charge < -0.3 is 14.5 Å². The Morgan fingerprint density at radius 2 is 1.90 bits per heavy atom. The van der Waals surface area contributed by atoms with Gasteiger partial charge in [0.05, 0.1) is 28.7 Å². The monoisotopic (exact) mass is 605 g/mol. The quantitative estimate of drug-likeness (QED) is 0.368. The molecule has 3 aromatic rings. The molecule has 0 radical (unpaired) electrons. The van der Waals surface area contributed by atoms with E-state index < -0.39 is 11.7 Å². The maximum atomic E-state index is 13.6. The molecule has 3 heterocycles. The van der Waals surface area contributed by atoms with Crippen molar-refractivity contribution in [1.82, 2.24) is 19.6 Å². The molecule has 0 unspecified atom stereocenters. The van der Waals surface area contributed by atoms with Gasteiger partial charge in [-0.3, -0.25) is 14.3 Å². The second-order valence-electron chi connectivity index (χ2n) is 10.1. The van der Waals surface area contributed by atoms with Crippen molar-refractivity contribution >= 4 is 57.3 Å². The van der Waals surface area contributed by atoms with Crippen LogP contribution in [0.5, 0.6) is 0 Å². The molecule has 5 rings (SSSR count). The molecule has 2 aromatic carbocycles. The Labute approximate surface area is 243 Å². The third-order valence-corrected chi connectivity index (χ3v) is 8.30. The number of methoxy groups -OCH3 is 1. The minimum atomic E-state index is -4.54. The largest absolute Gasteiger partial charge is 0.416 e. The first kappa shape index (κ1) is 29.2. The third-order valence-electron chi connectivity index (χ3n) is 7.02. The number of carbonyl (C=O) groups excluding carboxylic acids is 2. The maximum Gasteiger partial charge on any atom is 0.416 e. The van der Waals surface area contributed by atoms with Crippen molar-refractivity contribution in [3.05, 3.63) is 69.2 Å². The Morgan fingerprint density at radius 1 is 1.17 bits per heavy atom. The topological polar surface area (TPSA) is 80.0 Å². The van der Waals surface area contributed by atoms with Crippen LogP contribution in [0.2, 0.25) is 5.02 Å². The molecule has 0 aliphatic carbocycles. The standard InChI is InChI=1S/C28H27ClF3N5O3S/c1-16-12-35(13-17(2)37(16)25(38)15-40-3)27-34-26(39)24(41-27)9-18-4-7-23-20(8-18)11-33-36(23)14-19-5-6-21(29)10-22(19)28(30,31)32/h4-11,16-17H,12-15H2,1-3H3/b24-9-/t16-,17+. The number of aliphatic imine (C=N–C) groups is 1. The number of aromatic nitrogens is 2. The number of halogens is 4. The Morgan fingerprint density at radius 3 is 2.59 bits per heavy atom. The molecule has 1 saturated heterocycles. The molecule has 2 aliphatic heterocycles. The highest BCUT2D eigenvalue weighted by Crippen LogP contribution is 2.35. The van der Waals surface area contributed by atoms with Gasteiger partial charge >= 0.3 is 6.18 Å². The number of hydrogen-bond acceptors (Lipinski definition) is 6. The molecule has 2 aliphatic rings. The Hall–Kier alpha value is -3.35. The number of carbonyl (C=O) groups is 2. The average Bonchev–Trinajstić information content (AvgIpc) is 3.47. The van der Waals surface area contributed by atoms with Gasteiger partial charge in [-0.1, -0.05) is 23.7 Å². The van der Waals surface area contributed by atoms with Crippen LogP contribution in [0.25, 0.3) is 17.0 Å². The van der Waals surface area contributed by atoms with Crippen LogP contribution in [0.1, 0.15) is 30.5 Å². The minimum Gasteiger partial charge on any atom is -0.375 e.